The number of amides is 1. The number of nitrogens with one attached hydrogen (secondary N) is 1. The molecule has 17 heavy (non-hydrogen) atoms. The molecule has 0 bridgehead atoms. The summed E-state index contributed by atoms with van der Waals surface area (Å²) in [5.74, 6) is -0.361. The molecule has 0 unspecified atom stereocenters. The normalized spacial score (nSPS) is 9.65. The van der Waals surface area contributed by atoms with Gasteiger partial charge in [-0.15, -0.1) is 0 Å². The van der Waals surface area contributed by atoms with Crippen molar-refractivity contribution in [1.82, 2.24) is 4.37 Å². The third kappa shape index (κ3) is 2.44. The van der Waals surface area contributed by atoms with E-state index >= 15 is 0 Å². The third-order valence-corrected chi connectivity index (χ3v) is 3.23. The van der Waals surface area contributed by atoms with Gasteiger partial charge in [-0.1, -0.05) is 23.7 Å². The Balaban J connectivity index is 2.26. The molecule has 0 atom stereocenters. The van der Waals surface area contributed by atoms with Gasteiger partial charge in [0.1, 0.15) is 10.9 Å². The summed E-state index contributed by atoms with van der Waals surface area (Å²) in [6, 6.07) is 8.76. The van der Waals surface area contributed by atoms with Crippen LogP contribution in [0, 0.1) is 11.3 Å². The Labute approximate surface area is 107 Å². The van der Waals surface area contributed by atoms with E-state index in [1.165, 1.54) is 6.20 Å². The van der Waals surface area contributed by atoms with E-state index in [1.54, 1.807) is 24.3 Å². The summed E-state index contributed by atoms with van der Waals surface area (Å²) in [6.07, 6.45) is 1.41. The molecule has 0 saturated heterocycles. The molecule has 0 spiro atoms. The van der Waals surface area contributed by atoms with Crippen LogP contribution in [0.4, 0.5) is 5.69 Å². The predicted octanol–water partition coefficient (Wildman–Crippen LogP) is 2.92. The van der Waals surface area contributed by atoms with Crippen molar-refractivity contribution in [2.24, 2.45) is 0 Å². The molecule has 0 aliphatic carbocycles. The second-order valence-corrected chi connectivity index (χ2v) is 4.32. The molecule has 1 amide bonds. The smallest absolute Gasteiger partial charge is 0.268 e. The van der Waals surface area contributed by atoms with E-state index in [0.717, 1.165) is 11.5 Å². The zero-order valence-corrected chi connectivity index (χ0v) is 10.0. The highest BCUT2D eigenvalue weighted by Gasteiger charge is 2.14. The highest BCUT2D eigenvalue weighted by Crippen LogP contribution is 2.21. The number of nitrogens with zero attached hydrogens (tertiary/aromatic N) is 2. The first-order chi connectivity index (χ1) is 8.22. The molecule has 0 saturated carbocycles. The standard InChI is InChI=1S/C11H6ClN3OS/c12-8-6-14-17-10(8)11(16)15-9-4-2-1-3-7(9)5-13/h1-4,6H,(H,15,16). The van der Waals surface area contributed by atoms with E-state index in [4.69, 9.17) is 16.9 Å². The first-order valence-corrected chi connectivity index (χ1v) is 5.78. The van der Waals surface area contributed by atoms with Crippen LogP contribution >= 0.6 is 23.1 Å². The van der Waals surface area contributed by atoms with Crippen LogP contribution in [0.1, 0.15) is 15.2 Å². The summed E-state index contributed by atoms with van der Waals surface area (Å²) < 4.78 is 3.81. The summed E-state index contributed by atoms with van der Waals surface area (Å²) in [4.78, 5) is 12.2. The highest BCUT2D eigenvalue weighted by molar-refractivity contribution is 7.08. The molecule has 0 aliphatic heterocycles. The lowest BCUT2D eigenvalue weighted by Crippen LogP contribution is -2.11. The number of carbonyl (C=O) groups excluding carboxylic acids is 1. The Morgan fingerprint density at radius 3 is 2.88 bits per heavy atom. The molecule has 1 N–H and O–H groups in total. The van der Waals surface area contributed by atoms with Crippen molar-refractivity contribution in [3.63, 3.8) is 0 Å². The van der Waals surface area contributed by atoms with Gasteiger partial charge in [-0.25, -0.2) is 0 Å². The average Bonchev–Trinajstić information content (AvgIpc) is 2.76. The quantitative estimate of drug-likeness (QED) is 0.906. The van der Waals surface area contributed by atoms with Crippen molar-refractivity contribution < 1.29 is 4.79 Å². The summed E-state index contributed by atoms with van der Waals surface area (Å²) in [5.41, 5.74) is 0.867. The van der Waals surface area contributed by atoms with Crippen molar-refractivity contribution in [1.29, 1.82) is 5.26 Å². The first kappa shape index (κ1) is 11.6. The zero-order valence-electron chi connectivity index (χ0n) is 8.48. The first-order valence-electron chi connectivity index (χ1n) is 4.63. The fraction of sp³-hybridized carbons (Fsp3) is 0. The number of halogens is 1. The minimum Gasteiger partial charge on any atom is -0.320 e. The van der Waals surface area contributed by atoms with Crippen molar-refractivity contribution in [2.75, 3.05) is 5.32 Å². The van der Waals surface area contributed by atoms with Gasteiger partial charge >= 0.3 is 0 Å². The van der Waals surface area contributed by atoms with Crippen LogP contribution < -0.4 is 5.32 Å². The molecule has 84 valence electrons. The maximum absolute atomic E-state index is 11.8. The van der Waals surface area contributed by atoms with Gasteiger partial charge in [0.15, 0.2) is 0 Å². The van der Waals surface area contributed by atoms with Crippen LogP contribution in [0.15, 0.2) is 30.5 Å². The molecule has 0 aliphatic rings. The fourth-order valence-electron chi connectivity index (χ4n) is 1.25. The van der Waals surface area contributed by atoms with Crippen molar-refractivity contribution in [2.45, 2.75) is 0 Å². The minimum absolute atomic E-state index is 0.307. The second kappa shape index (κ2) is 4.95. The number of nitriles is 1. The highest BCUT2D eigenvalue weighted by atomic mass is 35.5. The van der Waals surface area contributed by atoms with Gasteiger partial charge in [0.2, 0.25) is 0 Å². The monoisotopic (exact) mass is 263 g/mol. The number of carbonyl (C=O) groups is 1. The van der Waals surface area contributed by atoms with Gasteiger partial charge in [-0.05, 0) is 23.7 Å². The summed E-state index contributed by atoms with van der Waals surface area (Å²) in [5, 5.41) is 11.8. The number of rotatable bonds is 2. The zero-order chi connectivity index (χ0) is 12.3. The number of para-hydroxylation sites is 1. The summed E-state index contributed by atoms with van der Waals surface area (Å²) >= 11 is 6.81. The number of aromatic nitrogens is 1. The predicted molar refractivity (Wildman–Crippen MR) is 66.2 cm³/mol. The molecular weight excluding hydrogens is 258 g/mol. The van der Waals surface area contributed by atoms with Gasteiger partial charge < -0.3 is 5.32 Å². The molecule has 1 heterocycles. The maximum Gasteiger partial charge on any atom is 0.268 e. The van der Waals surface area contributed by atoms with Crippen molar-refractivity contribution in [3.8, 4) is 6.07 Å². The molecular formula is C11H6ClN3OS. The molecule has 6 heteroatoms. The fourth-order valence-corrected chi connectivity index (χ4v) is 2.08. The van der Waals surface area contributed by atoms with Crippen LogP contribution in [0.2, 0.25) is 5.02 Å². The van der Waals surface area contributed by atoms with E-state index in [1.807, 2.05) is 6.07 Å². The molecule has 2 rings (SSSR count). The molecule has 0 radical (unpaired) electrons. The SMILES string of the molecule is N#Cc1ccccc1NC(=O)c1sncc1Cl. The Bertz CT molecular complexity index is 603. The Hall–Kier alpha value is -1.90. The number of hydrogen-bond acceptors (Lipinski definition) is 4. The van der Waals surface area contributed by atoms with Gasteiger partial charge in [-0.3, -0.25) is 4.79 Å². The van der Waals surface area contributed by atoms with Gasteiger partial charge in [0.05, 0.1) is 22.5 Å². The number of hydrogen-bond donors (Lipinski definition) is 1. The summed E-state index contributed by atoms with van der Waals surface area (Å²) in [7, 11) is 0. The lowest BCUT2D eigenvalue weighted by molar-refractivity contribution is 0.103. The Morgan fingerprint density at radius 1 is 1.47 bits per heavy atom. The third-order valence-electron chi connectivity index (χ3n) is 2.03. The van der Waals surface area contributed by atoms with Crippen LogP contribution in [0.5, 0.6) is 0 Å². The largest absolute Gasteiger partial charge is 0.320 e. The van der Waals surface area contributed by atoms with Crippen LogP contribution in [0.3, 0.4) is 0 Å². The van der Waals surface area contributed by atoms with Crippen LogP contribution in [-0.2, 0) is 0 Å². The molecule has 1 aromatic carbocycles. The lowest BCUT2D eigenvalue weighted by atomic mass is 10.2. The molecule has 4 nitrogen and oxygen atoms in total. The van der Waals surface area contributed by atoms with E-state index in [9.17, 15) is 4.79 Å². The van der Waals surface area contributed by atoms with E-state index in [0.29, 0.717) is 21.2 Å². The van der Waals surface area contributed by atoms with Gasteiger partial charge in [0, 0.05) is 0 Å². The Kier molecular flexibility index (Phi) is 3.38. The lowest BCUT2D eigenvalue weighted by Gasteiger charge is -2.04. The average molecular weight is 264 g/mol. The van der Waals surface area contributed by atoms with E-state index < -0.39 is 0 Å². The minimum atomic E-state index is -0.361. The topological polar surface area (TPSA) is 65.8 Å². The van der Waals surface area contributed by atoms with Gasteiger partial charge in [-0.2, -0.15) is 9.64 Å². The molecule has 1 aromatic heterocycles. The summed E-state index contributed by atoms with van der Waals surface area (Å²) in [6.45, 7) is 0. The number of benzene rings is 1. The van der Waals surface area contributed by atoms with E-state index in [-0.39, 0.29) is 5.91 Å². The maximum atomic E-state index is 11.8. The van der Waals surface area contributed by atoms with Crippen molar-refractivity contribution >= 4 is 34.7 Å². The molecule has 0 fully saturated rings. The Morgan fingerprint density at radius 2 is 2.24 bits per heavy atom. The van der Waals surface area contributed by atoms with Gasteiger partial charge in [0.25, 0.3) is 5.91 Å². The van der Waals surface area contributed by atoms with Crippen LogP contribution in [0.25, 0.3) is 0 Å². The second-order valence-electron chi connectivity index (χ2n) is 3.11. The molecule has 2 aromatic rings. The number of anilines is 1. The van der Waals surface area contributed by atoms with Crippen LogP contribution in [-0.4, -0.2) is 10.3 Å². The van der Waals surface area contributed by atoms with E-state index in [2.05, 4.69) is 9.69 Å². The van der Waals surface area contributed by atoms with Crippen molar-refractivity contribution in [3.05, 3.63) is 45.9 Å².